The molecule has 0 aromatic heterocycles. The average Bonchev–Trinajstić information content (AvgIpc) is 3.55. The van der Waals surface area contributed by atoms with Crippen molar-refractivity contribution < 1.29 is 14.3 Å². The first-order valence-corrected chi connectivity index (χ1v) is 9.35. The Balaban J connectivity index is 1.48. The van der Waals surface area contributed by atoms with Crippen LogP contribution in [0.3, 0.4) is 0 Å². The number of hydrogen-bond donors (Lipinski definition) is 2. The summed E-state index contributed by atoms with van der Waals surface area (Å²) in [4.78, 5) is 26.9. The Kier molecular flexibility index (Phi) is 5.07. The minimum Gasteiger partial charge on any atom is -0.378 e. The van der Waals surface area contributed by atoms with Crippen molar-refractivity contribution in [3.63, 3.8) is 0 Å². The van der Waals surface area contributed by atoms with Gasteiger partial charge < -0.3 is 20.3 Å². The molecule has 2 aliphatic rings. The molecule has 2 aromatic carbocycles. The van der Waals surface area contributed by atoms with E-state index in [1.54, 1.807) is 24.3 Å². The fourth-order valence-corrected chi connectivity index (χ4v) is 3.18. The second-order valence-electron chi connectivity index (χ2n) is 6.92. The van der Waals surface area contributed by atoms with Crippen molar-refractivity contribution in [1.82, 2.24) is 0 Å². The third-order valence-corrected chi connectivity index (χ3v) is 4.84. The minimum absolute atomic E-state index is 0.0326. The number of amides is 2. The zero-order valence-electron chi connectivity index (χ0n) is 15.1. The Labute approximate surface area is 158 Å². The summed E-state index contributed by atoms with van der Waals surface area (Å²) in [5, 5.41) is 5.89. The van der Waals surface area contributed by atoms with Gasteiger partial charge in [-0.15, -0.1) is 0 Å². The van der Waals surface area contributed by atoms with Gasteiger partial charge in [0.05, 0.1) is 24.6 Å². The van der Waals surface area contributed by atoms with E-state index >= 15 is 0 Å². The Bertz CT molecular complexity index is 842. The van der Waals surface area contributed by atoms with Gasteiger partial charge in [0.2, 0.25) is 5.91 Å². The molecule has 1 saturated heterocycles. The predicted molar refractivity (Wildman–Crippen MR) is 105 cm³/mol. The van der Waals surface area contributed by atoms with Crippen molar-refractivity contribution in [1.29, 1.82) is 0 Å². The van der Waals surface area contributed by atoms with Crippen molar-refractivity contribution >= 4 is 28.9 Å². The van der Waals surface area contributed by atoms with Gasteiger partial charge in [0, 0.05) is 30.3 Å². The topological polar surface area (TPSA) is 70.7 Å². The molecule has 1 aliphatic heterocycles. The fourth-order valence-electron chi connectivity index (χ4n) is 3.18. The van der Waals surface area contributed by atoms with E-state index in [1.165, 1.54) is 0 Å². The molecule has 27 heavy (non-hydrogen) atoms. The van der Waals surface area contributed by atoms with Crippen LogP contribution in [0.25, 0.3) is 0 Å². The van der Waals surface area contributed by atoms with E-state index in [1.807, 2.05) is 24.3 Å². The maximum Gasteiger partial charge on any atom is 0.255 e. The SMILES string of the molecule is O=C(Nc1ccccc1N1CCOCC1)c1cccc(NC(=O)C2CC2)c1. The lowest BCUT2D eigenvalue weighted by atomic mass is 10.1. The van der Waals surface area contributed by atoms with Gasteiger partial charge in [-0.2, -0.15) is 0 Å². The number of morpholine rings is 1. The Morgan fingerprint density at radius 1 is 0.963 bits per heavy atom. The molecule has 6 nitrogen and oxygen atoms in total. The molecule has 0 atom stereocenters. The normalized spacial score (nSPS) is 16.7. The summed E-state index contributed by atoms with van der Waals surface area (Å²) in [5.41, 5.74) is 2.94. The summed E-state index contributed by atoms with van der Waals surface area (Å²) >= 11 is 0. The summed E-state index contributed by atoms with van der Waals surface area (Å²) in [5.74, 6) is -0.0358. The van der Waals surface area contributed by atoms with E-state index in [-0.39, 0.29) is 17.7 Å². The molecule has 4 rings (SSSR count). The van der Waals surface area contributed by atoms with E-state index < -0.39 is 0 Å². The van der Waals surface area contributed by atoms with Crippen molar-refractivity contribution in [2.75, 3.05) is 41.8 Å². The van der Waals surface area contributed by atoms with Gasteiger partial charge in [0.15, 0.2) is 0 Å². The molecule has 2 amide bonds. The summed E-state index contributed by atoms with van der Waals surface area (Å²) < 4.78 is 5.41. The first-order chi connectivity index (χ1) is 13.2. The molecule has 1 heterocycles. The van der Waals surface area contributed by atoms with Crippen LogP contribution in [0.5, 0.6) is 0 Å². The molecule has 2 fully saturated rings. The number of hydrogen-bond acceptors (Lipinski definition) is 4. The molecular weight excluding hydrogens is 342 g/mol. The van der Waals surface area contributed by atoms with Gasteiger partial charge in [-0.05, 0) is 43.2 Å². The number of para-hydroxylation sites is 2. The third kappa shape index (κ3) is 4.28. The van der Waals surface area contributed by atoms with Gasteiger partial charge in [0.25, 0.3) is 5.91 Å². The highest BCUT2D eigenvalue weighted by Gasteiger charge is 2.29. The molecule has 0 radical (unpaired) electrons. The van der Waals surface area contributed by atoms with Crippen molar-refractivity contribution in [3.8, 4) is 0 Å². The van der Waals surface area contributed by atoms with Crippen LogP contribution in [-0.4, -0.2) is 38.1 Å². The van der Waals surface area contributed by atoms with E-state index in [0.29, 0.717) is 24.5 Å². The van der Waals surface area contributed by atoms with Crippen molar-refractivity contribution in [2.45, 2.75) is 12.8 Å². The van der Waals surface area contributed by atoms with Crippen LogP contribution >= 0.6 is 0 Å². The first-order valence-electron chi connectivity index (χ1n) is 9.35. The zero-order valence-corrected chi connectivity index (χ0v) is 15.1. The second kappa shape index (κ2) is 7.80. The van der Waals surface area contributed by atoms with Crippen molar-refractivity contribution in [3.05, 3.63) is 54.1 Å². The Morgan fingerprint density at radius 3 is 2.52 bits per heavy atom. The predicted octanol–water partition coefficient (Wildman–Crippen LogP) is 3.12. The monoisotopic (exact) mass is 365 g/mol. The number of anilines is 3. The lowest BCUT2D eigenvalue weighted by Gasteiger charge is -2.30. The number of carbonyl (C=O) groups is 2. The quantitative estimate of drug-likeness (QED) is 0.854. The molecule has 0 bridgehead atoms. The van der Waals surface area contributed by atoms with E-state index in [4.69, 9.17) is 4.74 Å². The van der Waals surface area contributed by atoms with Gasteiger partial charge in [-0.1, -0.05) is 18.2 Å². The number of rotatable bonds is 5. The third-order valence-electron chi connectivity index (χ3n) is 4.84. The van der Waals surface area contributed by atoms with Crippen LogP contribution in [0.4, 0.5) is 17.1 Å². The maximum atomic E-state index is 12.8. The van der Waals surface area contributed by atoms with Crippen LogP contribution < -0.4 is 15.5 Å². The highest BCUT2D eigenvalue weighted by molar-refractivity contribution is 6.07. The summed E-state index contributed by atoms with van der Waals surface area (Å²) in [6.45, 7) is 2.97. The van der Waals surface area contributed by atoms with Crippen LogP contribution in [0.1, 0.15) is 23.2 Å². The number of nitrogens with one attached hydrogen (secondary N) is 2. The van der Waals surface area contributed by atoms with Crippen LogP contribution in [0.2, 0.25) is 0 Å². The number of nitrogens with zero attached hydrogens (tertiary/aromatic N) is 1. The fraction of sp³-hybridized carbons (Fsp3) is 0.333. The summed E-state index contributed by atoms with van der Waals surface area (Å²) in [6, 6.07) is 14.8. The molecular formula is C21H23N3O3. The Morgan fingerprint density at radius 2 is 1.74 bits per heavy atom. The van der Waals surface area contributed by atoms with Gasteiger partial charge >= 0.3 is 0 Å². The largest absolute Gasteiger partial charge is 0.378 e. The molecule has 140 valence electrons. The summed E-state index contributed by atoms with van der Waals surface area (Å²) in [7, 11) is 0. The standard InChI is InChI=1S/C21H23N3O3/c25-20(15-8-9-15)22-17-5-3-4-16(14-17)21(26)23-18-6-1-2-7-19(18)24-10-12-27-13-11-24/h1-7,14-15H,8-13H2,(H,22,25)(H,23,26). The second-order valence-corrected chi connectivity index (χ2v) is 6.92. The first kappa shape index (κ1) is 17.5. The number of ether oxygens (including phenoxy) is 1. The average molecular weight is 365 g/mol. The molecule has 2 aromatic rings. The van der Waals surface area contributed by atoms with Gasteiger partial charge in [0.1, 0.15) is 0 Å². The van der Waals surface area contributed by atoms with E-state index in [0.717, 1.165) is 37.3 Å². The highest BCUT2D eigenvalue weighted by Crippen LogP contribution is 2.30. The van der Waals surface area contributed by atoms with E-state index in [2.05, 4.69) is 15.5 Å². The number of carbonyl (C=O) groups excluding carboxylic acids is 2. The van der Waals surface area contributed by atoms with Crippen LogP contribution in [-0.2, 0) is 9.53 Å². The zero-order chi connectivity index (χ0) is 18.6. The smallest absolute Gasteiger partial charge is 0.255 e. The van der Waals surface area contributed by atoms with Crippen LogP contribution in [0, 0.1) is 5.92 Å². The minimum atomic E-state index is -0.196. The molecule has 0 unspecified atom stereocenters. The Hall–Kier alpha value is -2.86. The number of benzene rings is 2. The van der Waals surface area contributed by atoms with Crippen molar-refractivity contribution in [2.24, 2.45) is 5.92 Å². The lowest BCUT2D eigenvalue weighted by molar-refractivity contribution is -0.117. The van der Waals surface area contributed by atoms with Gasteiger partial charge in [-0.3, -0.25) is 9.59 Å². The molecule has 1 saturated carbocycles. The molecule has 1 aliphatic carbocycles. The van der Waals surface area contributed by atoms with Gasteiger partial charge in [-0.25, -0.2) is 0 Å². The lowest BCUT2D eigenvalue weighted by Crippen LogP contribution is -2.36. The van der Waals surface area contributed by atoms with Crippen LogP contribution in [0.15, 0.2) is 48.5 Å². The molecule has 2 N–H and O–H groups in total. The van der Waals surface area contributed by atoms with E-state index in [9.17, 15) is 9.59 Å². The summed E-state index contributed by atoms with van der Waals surface area (Å²) in [6.07, 6.45) is 1.90. The maximum absolute atomic E-state index is 12.8. The molecule has 0 spiro atoms. The molecule has 6 heteroatoms. The highest BCUT2D eigenvalue weighted by atomic mass is 16.5.